The Balaban J connectivity index is 3.51. The standard InChI is InChI=1S/C14H31NO3/c1-5-6-7-8-9-18-11-13(17)10-15-14(3,4)12(2)16/h12-13,15-17H,5-11H2,1-4H3. The molecule has 0 saturated heterocycles. The molecule has 2 atom stereocenters. The topological polar surface area (TPSA) is 61.7 Å². The zero-order valence-electron chi connectivity index (χ0n) is 12.4. The Morgan fingerprint density at radius 2 is 1.83 bits per heavy atom. The number of aliphatic hydroxyl groups is 2. The summed E-state index contributed by atoms with van der Waals surface area (Å²) in [4.78, 5) is 0. The first-order valence-electron chi connectivity index (χ1n) is 7.09. The highest BCUT2D eigenvalue weighted by Gasteiger charge is 2.23. The number of hydrogen-bond acceptors (Lipinski definition) is 4. The van der Waals surface area contributed by atoms with E-state index in [1.807, 2.05) is 13.8 Å². The van der Waals surface area contributed by atoms with Crippen molar-refractivity contribution in [3.05, 3.63) is 0 Å². The highest BCUT2D eigenvalue weighted by atomic mass is 16.5. The van der Waals surface area contributed by atoms with Crippen LogP contribution in [-0.4, -0.2) is 47.7 Å². The van der Waals surface area contributed by atoms with E-state index in [4.69, 9.17) is 4.74 Å². The molecule has 0 aliphatic heterocycles. The third-order valence-electron chi connectivity index (χ3n) is 3.29. The van der Waals surface area contributed by atoms with Crippen molar-refractivity contribution in [2.24, 2.45) is 0 Å². The maximum Gasteiger partial charge on any atom is 0.0897 e. The Morgan fingerprint density at radius 1 is 1.17 bits per heavy atom. The number of unbranched alkanes of at least 4 members (excludes halogenated alkanes) is 3. The Bertz CT molecular complexity index is 195. The molecular formula is C14H31NO3. The molecule has 0 aliphatic rings. The Hall–Kier alpha value is -0.160. The molecule has 0 heterocycles. The lowest BCUT2D eigenvalue weighted by atomic mass is 9.99. The Labute approximate surface area is 112 Å². The summed E-state index contributed by atoms with van der Waals surface area (Å²) >= 11 is 0. The second kappa shape index (κ2) is 9.73. The zero-order chi connectivity index (χ0) is 14.0. The fraction of sp³-hybridized carbons (Fsp3) is 1.00. The molecule has 2 unspecified atom stereocenters. The second-order valence-electron chi connectivity index (χ2n) is 5.57. The number of β-amino-alcohol motifs (C(OH)–C–C–N with tert-alkyl or cyclic N) is 1. The number of aliphatic hydroxyl groups excluding tert-OH is 2. The smallest absolute Gasteiger partial charge is 0.0897 e. The number of nitrogens with one attached hydrogen (secondary N) is 1. The molecule has 0 aromatic carbocycles. The summed E-state index contributed by atoms with van der Waals surface area (Å²) in [5.74, 6) is 0. The predicted molar refractivity (Wildman–Crippen MR) is 74.7 cm³/mol. The number of ether oxygens (including phenoxy) is 1. The van der Waals surface area contributed by atoms with E-state index < -0.39 is 12.2 Å². The fourth-order valence-corrected chi connectivity index (χ4v) is 1.44. The average molecular weight is 261 g/mol. The van der Waals surface area contributed by atoms with Crippen LogP contribution in [0, 0.1) is 0 Å². The second-order valence-corrected chi connectivity index (χ2v) is 5.57. The van der Waals surface area contributed by atoms with Crippen LogP contribution in [0.15, 0.2) is 0 Å². The minimum atomic E-state index is -0.519. The first kappa shape index (κ1) is 17.8. The van der Waals surface area contributed by atoms with Gasteiger partial charge >= 0.3 is 0 Å². The van der Waals surface area contributed by atoms with Crippen LogP contribution in [0.3, 0.4) is 0 Å². The van der Waals surface area contributed by atoms with Crippen LogP contribution in [0.1, 0.15) is 53.4 Å². The summed E-state index contributed by atoms with van der Waals surface area (Å²) in [7, 11) is 0. The van der Waals surface area contributed by atoms with Crippen molar-refractivity contribution in [1.29, 1.82) is 0 Å². The third kappa shape index (κ3) is 8.86. The van der Waals surface area contributed by atoms with Gasteiger partial charge < -0.3 is 20.3 Å². The lowest BCUT2D eigenvalue weighted by Crippen LogP contribution is -2.51. The van der Waals surface area contributed by atoms with Gasteiger partial charge in [0.25, 0.3) is 0 Å². The van der Waals surface area contributed by atoms with E-state index in [9.17, 15) is 10.2 Å². The van der Waals surface area contributed by atoms with Crippen LogP contribution in [0.4, 0.5) is 0 Å². The molecule has 4 heteroatoms. The molecule has 0 amide bonds. The van der Waals surface area contributed by atoms with Crippen LogP contribution >= 0.6 is 0 Å². The fourth-order valence-electron chi connectivity index (χ4n) is 1.44. The van der Waals surface area contributed by atoms with Gasteiger partial charge in [-0.2, -0.15) is 0 Å². The minimum Gasteiger partial charge on any atom is -0.392 e. The molecule has 0 aromatic rings. The van der Waals surface area contributed by atoms with Crippen molar-refractivity contribution in [2.45, 2.75) is 71.1 Å². The van der Waals surface area contributed by atoms with Crippen molar-refractivity contribution in [3.63, 3.8) is 0 Å². The minimum absolute atomic E-state index is 0.356. The normalized spacial score (nSPS) is 15.7. The van der Waals surface area contributed by atoms with Gasteiger partial charge in [0.05, 0.1) is 18.8 Å². The van der Waals surface area contributed by atoms with Gasteiger partial charge in [-0.05, 0) is 27.2 Å². The number of rotatable bonds is 11. The average Bonchev–Trinajstić information content (AvgIpc) is 2.31. The molecule has 0 bridgehead atoms. The highest BCUT2D eigenvalue weighted by Crippen LogP contribution is 2.08. The molecule has 0 aromatic heterocycles. The number of hydrogen-bond donors (Lipinski definition) is 3. The maximum atomic E-state index is 9.73. The van der Waals surface area contributed by atoms with Crippen LogP contribution in [-0.2, 0) is 4.74 Å². The molecule has 0 rings (SSSR count). The van der Waals surface area contributed by atoms with Crippen LogP contribution in [0.25, 0.3) is 0 Å². The summed E-state index contributed by atoms with van der Waals surface area (Å²) < 4.78 is 5.42. The van der Waals surface area contributed by atoms with Gasteiger partial charge in [0.1, 0.15) is 0 Å². The van der Waals surface area contributed by atoms with E-state index in [1.165, 1.54) is 19.3 Å². The molecule has 4 nitrogen and oxygen atoms in total. The van der Waals surface area contributed by atoms with E-state index >= 15 is 0 Å². The van der Waals surface area contributed by atoms with Crippen LogP contribution < -0.4 is 5.32 Å². The SMILES string of the molecule is CCCCCCOCC(O)CNC(C)(C)C(C)O. The van der Waals surface area contributed by atoms with Crippen molar-refractivity contribution in [1.82, 2.24) is 5.32 Å². The van der Waals surface area contributed by atoms with E-state index in [-0.39, 0.29) is 5.54 Å². The van der Waals surface area contributed by atoms with E-state index in [2.05, 4.69) is 12.2 Å². The Kier molecular flexibility index (Phi) is 9.64. The monoisotopic (exact) mass is 261 g/mol. The summed E-state index contributed by atoms with van der Waals surface area (Å²) in [6.07, 6.45) is 3.75. The van der Waals surface area contributed by atoms with Gasteiger partial charge in [0.2, 0.25) is 0 Å². The quantitative estimate of drug-likeness (QED) is 0.495. The largest absolute Gasteiger partial charge is 0.392 e. The summed E-state index contributed by atoms with van der Waals surface area (Å²) in [5.41, 5.74) is -0.387. The Morgan fingerprint density at radius 3 is 2.39 bits per heavy atom. The van der Waals surface area contributed by atoms with E-state index in [0.29, 0.717) is 13.2 Å². The predicted octanol–water partition coefficient (Wildman–Crippen LogP) is 1.69. The molecule has 0 spiro atoms. The zero-order valence-corrected chi connectivity index (χ0v) is 12.4. The maximum absolute atomic E-state index is 9.73. The summed E-state index contributed by atoms with van der Waals surface area (Å²) in [6, 6.07) is 0. The third-order valence-corrected chi connectivity index (χ3v) is 3.29. The molecule has 0 saturated carbocycles. The lowest BCUT2D eigenvalue weighted by molar-refractivity contribution is 0.0236. The van der Waals surface area contributed by atoms with Gasteiger partial charge in [-0.1, -0.05) is 26.2 Å². The molecule has 110 valence electrons. The summed E-state index contributed by atoms with van der Waals surface area (Å²) in [6.45, 7) is 9.26. The summed E-state index contributed by atoms with van der Waals surface area (Å²) in [5, 5.41) is 22.4. The van der Waals surface area contributed by atoms with E-state index in [1.54, 1.807) is 6.92 Å². The lowest BCUT2D eigenvalue weighted by Gasteiger charge is -2.30. The first-order valence-corrected chi connectivity index (χ1v) is 7.09. The van der Waals surface area contributed by atoms with Crippen LogP contribution in [0.2, 0.25) is 0 Å². The molecule has 18 heavy (non-hydrogen) atoms. The van der Waals surface area contributed by atoms with Crippen LogP contribution in [0.5, 0.6) is 0 Å². The van der Waals surface area contributed by atoms with Gasteiger partial charge in [0.15, 0.2) is 0 Å². The van der Waals surface area contributed by atoms with Gasteiger partial charge in [-0.3, -0.25) is 0 Å². The van der Waals surface area contributed by atoms with Crippen molar-refractivity contribution < 1.29 is 14.9 Å². The molecule has 0 fully saturated rings. The first-order chi connectivity index (χ1) is 8.40. The molecule has 3 N–H and O–H groups in total. The van der Waals surface area contributed by atoms with Crippen molar-refractivity contribution in [2.75, 3.05) is 19.8 Å². The molecular weight excluding hydrogens is 230 g/mol. The van der Waals surface area contributed by atoms with Crippen molar-refractivity contribution in [3.8, 4) is 0 Å². The molecule has 0 radical (unpaired) electrons. The van der Waals surface area contributed by atoms with Crippen molar-refractivity contribution >= 4 is 0 Å². The van der Waals surface area contributed by atoms with E-state index in [0.717, 1.165) is 13.0 Å². The van der Waals surface area contributed by atoms with Gasteiger partial charge in [-0.15, -0.1) is 0 Å². The molecule has 0 aliphatic carbocycles. The van der Waals surface area contributed by atoms with Gasteiger partial charge in [-0.25, -0.2) is 0 Å². The van der Waals surface area contributed by atoms with Gasteiger partial charge in [0, 0.05) is 18.7 Å². The highest BCUT2D eigenvalue weighted by molar-refractivity contribution is 4.83.